The van der Waals surface area contributed by atoms with Crippen molar-refractivity contribution >= 4 is 5.91 Å². The first-order valence-electron chi connectivity index (χ1n) is 20.8. The monoisotopic (exact) mass is 666 g/mol. The van der Waals surface area contributed by atoms with Crippen LogP contribution in [0.15, 0.2) is 0 Å². The van der Waals surface area contributed by atoms with Gasteiger partial charge in [0, 0.05) is 39.3 Å². The number of ether oxygens (including phenoxy) is 1. The molecule has 0 radical (unpaired) electrons. The fourth-order valence-electron chi connectivity index (χ4n) is 15.1. The molecule has 2 aliphatic heterocycles. The zero-order valence-corrected chi connectivity index (χ0v) is 31.8. The van der Waals surface area contributed by atoms with Gasteiger partial charge in [-0.2, -0.15) is 0 Å². The van der Waals surface area contributed by atoms with Gasteiger partial charge in [0.05, 0.1) is 24.7 Å². The maximum absolute atomic E-state index is 15.1. The number of carbonyl (C=O) groups excluding carboxylic acids is 1. The SMILES string of the molecule is CC1([C@@H]2CC[C@]3(C(=O)N4CCN(CCCN5CCOCC5)CC4)CC[C@]4(C)[C@H](CCC5[C@@]6(C)CC[C@H](O)C(C)(C)C6CC[C@]54C)C23)CC1. The highest BCUT2D eigenvalue weighted by Gasteiger charge is 2.73. The molecule has 1 N–H and O–H groups in total. The molecule has 0 spiro atoms. The van der Waals surface area contributed by atoms with Gasteiger partial charge in [-0.25, -0.2) is 0 Å². The predicted molar refractivity (Wildman–Crippen MR) is 192 cm³/mol. The lowest BCUT2D eigenvalue weighted by molar-refractivity contribution is -0.249. The number of aliphatic hydroxyl groups is 1. The molecule has 2 heterocycles. The van der Waals surface area contributed by atoms with Crippen LogP contribution in [0, 0.1) is 62.1 Å². The summed E-state index contributed by atoms with van der Waals surface area (Å²) in [5, 5.41) is 11.1. The molecule has 0 bridgehead atoms. The van der Waals surface area contributed by atoms with Crippen LogP contribution >= 0.6 is 0 Å². The Hall–Kier alpha value is -0.690. The Labute approximate surface area is 293 Å². The molecule has 6 saturated carbocycles. The van der Waals surface area contributed by atoms with Crippen molar-refractivity contribution in [1.82, 2.24) is 14.7 Å². The molecule has 48 heavy (non-hydrogen) atoms. The Balaban J connectivity index is 1.01. The summed E-state index contributed by atoms with van der Waals surface area (Å²) in [4.78, 5) is 22.7. The molecule has 3 unspecified atom stereocenters. The number of hydrogen-bond donors (Lipinski definition) is 1. The van der Waals surface area contributed by atoms with Crippen molar-refractivity contribution in [2.24, 2.45) is 62.1 Å². The molecular formula is C42H71N3O3. The summed E-state index contributed by atoms with van der Waals surface area (Å²) in [7, 11) is 0. The number of fused-ring (bicyclic) bond motifs is 7. The van der Waals surface area contributed by atoms with Crippen LogP contribution in [0.5, 0.6) is 0 Å². The van der Waals surface area contributed by atoms with E-state index in [2.05, 4.69) is 56.2 Å². The lowest BCUT2D eigenvalue weighted by Gasteiger charge is -2.73. The van der Waals surface area contributed by atoms with Crippen LogP contribution < -0.4 is 0 Å². The van der Waals surface area contributed by atoms with Gasteiger partial charge < -0.3 is 14.7 Å². The van der Waals surface area contributed by atoms with Crippen molar-refractivity contribution in [3.63, 3.8) is 0 Å². The summed E-state index contributed by atoms with van der Waals surface area (Å²) >= 11 is 0. The van der Waals surface area contributed by atoms with Gasteiger partial charge in [-0.05, 0) is 153 Å². The lowest BCUT2D eigenvalue weighted by Crippen LogP contribution is -2.67. The Morgan fingerprint density at radius 1 is 0.667 bits per heavy atom. The van der Waals surface area contributed by atoms with E-state index in [1.807, 2.05) is 0 Å². The molecule has 1 amide bonds. The van der Waals surface area contributed by atoms with Crippen LogP contribution in [0.25, 0.3) is 0 Å². The highest BCUT2D eigenvalue weighted by molar-refractivity contribution is 5.84. The average Bonchev–Trinajstić information content (AvgIpc) is 3.69. The van der Waals surface area contributed by atoms with E-state index in [1.165, 1.54) is 70.8 Å². The van der Waals surface area contributed by atoms with Crippen molar-refractivity contribution in [3.8, 4) is 0 Å². The average molecular weight is 666 g/mol. The van der Waals surface area contributed by atoms with E-state index in [4.69, 9.17) is 4.74 Å². The van der Waals surface area contributed by atoms with E-state index in [0.29, 0.717) is 45.3 Å². The minimum Gasteiger partial charge on any atom is -0.393 e. The van der Waals surface area contributed by atoms with Crippen LogP contribution in [0.3, 0.4) is 0 Å². The summed E-state index contributed by atoms with van der Waals surface area (Å²) in [5.74, 6) is 3.87. The van der Waals surface area contributed by atoms with E-state index in [1.54, 1.807) is 0 Å². The van der Waals surface area contributed by atoms with Crippen LogP contribution in [-0.4, -0.2) is 97.4 Å². The van der Waals surface area contributed by atoms with Gasteiger partial charge in [-0.15, -0.1) is 0 Å². The highest BCUT2D eigenvalue weighted by atomic mass is 16.5. The number of rotatable bonds is 6. The Kier molecular flexibility index (Phi) is 8.54. The fourth-order valence-corrected chi connectivity index (χ4v) is 15.1. The van der Waals surface area contributed by atoms with Gasteiger partial charge in [0.1, 0.15) is 0 Å². The zero-order valence-electron chi connectivity index (χ0n) is 31.8. The first kappa shape index (κ1) is 34.4. The second-order valence-corrected chi connectivity index (χ2v) is 20.5. The van der Waals surface area contributed by atoms with E-state index in [-0.39, 0.29) is 16.9 Å². The van der Waals surface area contributed by atoms with Crippen molar-refractivity contribution in [1.29, 1.82) is 0 Å². The van der Waals surface area contributed by atoms with E-state index >= 15 is 4.79 Å². The molecule has 2 saturated heterocycles. The van der Waals surface area contributed by atoms with Crippen LogP contribution in [0.2, 0.25) is 0 Å². The van der Waals surface area contributed by atoms with E-state index < -0.39 is 0 Å². The minimum absolute atomic E-state index is 0.00406. The topological polar surface area (TPSA) is 56.3 Å². The Morgan fingerprint density at radius 3 is 2.04 bits per heavy atom. The van der Waals surface area contributed by atoms with Gasteiger partial charge in [0.25, 0.3) is 0 Å². The third-order valence-corrected chi connectivity index (χ3v) is 18.5. The highest BCUT2D eigenvalue weighted by Crippen LogP contribution is 2.79. The Morgan fingerprint density at radius 2 is 1.35 bits per heavy atom. The summed E-state index contributed by atoms with van der Waals surface area (Å²) in [5.41, 5.74) is 1.28. The number of carbonyl (C=O) groups is 1. The van der Waals surface area contributed by atoms with Gasteiger partial charge in [-0.1, -0.05) is 41.5 Å². The largest absolute Gasteiger partial charge is 0.393 e. The van der Waals surface area contributed by atoms with Crippen molar-refractivity contribution < 1.29 is 14.6 Å². The maximum Gasteiger partial charge on any atom is 0.229 e. The van der Waals surface area contributed by atoms with Crippen molar-refractivity contribution in [2.45, 2.75) is 131 Å². The summed E-state index contributed by atoms with van der Waals surface area (Å²) in [6, 6.07) is 0. The van der Waals surface area contributed by atoms with Crippen LogP contribution in [0.1, 0.15) is 125 Å². The summed E-state index contributed by atoms with van der Waals surface area (Å²) in [6.45, 7) is 25.7. The molecule has 8 rings (SSSR count). The molecule has 6 aliphatic carbocycles. The first-order chi connectivity index (χ1) is 22.8. The fraction of sp³-hybridized carbons (Fsp3) is 0.976. The second kappa shape index (κ2) is 11.9. The molecule has 0 aromatic heterocycles. The minimum atomic E-state index is -0.163. The number of aliphatic hydroxyl groups excluding tert-OH is 1. The molecule has 6 heteroatoms. The maximum atomic E-state index is 15.1. The zero-order chi connectivity index (χ0) is 33.7. The number of morpholine rings is 1. The molecule has 0 aromatic carbocycles. The molecule has 272 valence electrons. The van der Waals surface area contributed by atoms with E-state index in [0.717, 1.165) is 90.1 Å². The van der Waals surface area contributed by atoms with Crippen molar-refractivity contribution in [2.75, 3.05) is 65.6 Å². The van der Waals surface area contributed by atoms with Gasteiger partial charge in [0.15, 0.2) is 0 Å². The number of amides is 1. The lowest BCUT2D eigenvalue weighted by atomic mass is 9.32. The second-order valence-electron chi connectivity index (χ2n) is 20.5. The molecule has 0 aromatic rings. The van der Waals surface area contributed by atoms with Gasteiger partial charge >= 0.3 is 0 Å². The quantitative estimate of drug-likeness (QED) is 0.328. The third kappa shape index (κ3) is 5.01. The molecule has 8 fully saturated rings. The molecule has 8 aliphatic rings. The van der Waals surface area contributed by atoms with Gasteiger partial charge in [0.2, 0.25) is 5.91 Å². The summed E-state index contributed by atoms with van der Waals surface area (Å²) in [6.07, 6.45) is 16.0. The number of nitrogens with zero attached hydrogens (tertiary/aromatic N) is 3. The predicted octanol–water partition coefficient (Wildman–Crippen LogP) is 7.10. The first-order valence-corrected chi connectivity index (χ1v) is 20.8. The Bertz CT molecular complexity index is 1220. The van der Waals surface area contributed by atoms with E-state index in [9.17, 15) is 5.11 Å². The smallest absolute Gasteiger partial charge is 0.229 e. The molecular weight excluding hydrogens is 594 g/mol. The molecule has 6 nitrogen and oxygen atoms in total. The summed E-state index contributed by atoms with van der Waals surface area (Å²) < 4.78 is 5.54. The van der Waals surface area contributed by atoms with Crippen LogP contribution in [0.4, 0.5) is 0 Å². The van der Waals surface area contributed by atoms with Crippen LogP contribution in [-0.2, 0) is 9.53 Å². The third-order valence-electron chi connectivity index (χ3n) is 18.5. The number of hydrogen-bond acceptors (Lipinski definition) is 5. The molecule has 10 atom stereocenters. The van der Waals surface area contributed by atoms with Crippen molar-refractivity contribution in [3.05, 3.63) is 0 Å². The number of piperazine rings is 1. The normalized spacial score (nSPS) is 48.6. The standard InChI is InChI=1S/C42H71N3O3/c1-37(2)32-11-14-41(6)33(39(32,4)13-12-34(37)46)9-8-31-35-30(38(3)16-17-38)10-15-42(35,19-18-40(31,41)5)36(47)45-24-22-43(23-25-45)20-7-21-44-26-28-48-29-27-44/h30-35,46H,7-29H2,1-6H3/t30-,31-,32?,33?,34+,35?,39+,40-,41-,42+/m1/s1. The van der Waals surface area contributed by atoms with Gasteiger partial charge in [-0.3, -0.25) is 14.6 Å².